The molecule has 0 bridgehead atoms. The van der Waals surface area contributed by atoms with Crippen molar-refractivity contribution in [1.82, 2.24) is 4.90 Å². The highest BCUT2D eigenvalue weighted by molar-refractivity contribution is 5.89. The number of non-ortho nitro benzene ring substituents is 1. The maximum atomic E-state index is 11.8. The number of benzene rings is 1. The molecule has 104 valence electrons. The molecule has 1 aromatic carbocycles. The molecular formula is C11H15N3O5. The van der Waals surface area contributed by atoms with Crippen LogP contribution in [0.3, 0.4) is 0 Å². The zero-order valence-electron chi connectivity index (χ0n) is 10.2. The van der Waals surface area contributed by atoms with Gasteiger partial charge in [-0.2, -0.15) is 0 Å². The van der Waals surface area contributed by atoms with Crippen molar-refractivity contribution < 1.29 is 19.9 Å². The Morgan fingerprint density at radius 1 is 1.21 bits per heavy atom. The monoisotopic (exact) mass is 269 g/mol. The third kappa shape index (κ3) is 4.53. The number of amides is 2. The first-order valence-corrected chi connectivity index (χ1v) is 5.60. The van der Waals surface area contributed by atoms with Crippen LogP contribution < -0.4 is 5.32 Å². The largest absolute Gasteiger partial charge is 0.395 e. The lowest BCUT2D eigenvalue weighted by molar-refractivity contribution is -0.384. The lowest BCUT2D eigenvalue weighted by Gasteiger charge is -2.21. The Morgan fingerprint density at radius 2 is 1.74 bits per heavy atom. The van der Waals surface area contributed by atoms with Crippen molar-refractivity contribution in [2.75, 3.05) is 31.6 Å². The molecule has 8 nitrogen and oxygen atoms in total. The zero-order chi connectivity index (χ0) is 14.3. The molecule has 0 spiro atoms. The van der Waals surface area contributed by atoms with Crippen molar-refractivity contribution in [3.63, 3.8) is 0 Å². The number of carbonyl (C=O) groups excluding carboxylic acids is 1. The predicted octanol–water partition coefficient (Wildman–Crippen LogP) is 0.413. The fourth-order valence-electron chi connectivity index (χ4n) is 1.43. The number of aliphatic hydroxyl groups excluding tert-OH is 2. The average Bonchev–Trinajstić information content (AvgIpc) is 2.39. The van der Waals surface area contributed by atoms with E-state index in [0.29, 0.717) is 5.69 Å². The number of rotatable bonds is 6. The van der Waals surface area contributed by atoms with Crippen LogP contribution >= 0.6 is 0 Å². The van der Waals surface area contributed by atoms with E-state index in [-0.39, 0.29) is 32.0 Å². The molecule has 0 atom stereocenters. The van der Waals surface area contributed by atoms with Crippen LogP contribution in [-0.4, -0.2) is 52.4 Å². The summed E-state index contributed by atoms with van der Waals surface area (Å²) in [6.07, 6.45) is 0. The molecular weight excluding hydrogens is 254 g/mol. The number of nitrogens with one attached hydrogen (secondary N) is 1. The van der Waals surface area contributed by atoms with E-state index in [4.69, 9.17) is 10.2 Å². The second-order valence-corrected chi connectivity index (χ2v) is 3.67. The highest BCUT2D eigenvalue weighted by atomic mass is 16.6. The van der Waals surface area contributed by atoms with Crippen LogP contribution in [0, 0.1) is 10.1 Å². The molecule has 0 aliphatic heterocycles. The van der Waals surface area contributed by atoms with Crippen molar-refractivity contribution in [3.05, 3.63) is 34.4 Å². The molecule has 0 saturated heterocycles. The van der Waals surface area contributed by atoms with E-state index in [1.165, 1.54) is 29.2 Å². The highest BCUT2D eigenvalue weighted by Gasteiger charge is 2.13. The van der Waals surface area contributed by atoms with Gasteiger partial charge in [0.2, 0.25) is 0 Å². The van der Waals surface area contributed by atoms with E-state index in [1.807, 2.05) is 0 Å². The van der Waals surface area contributed by atoms with Crippen LogP contribution in [0.5, 0.6) is 0 Å². The lowest BCUT2D eigenvalue weighted by atomic mass is 10.3. The number of hydrogen-bond donors (Lipinski definition) is 3. The third-order valence-electron chi connectivity index (χ3n) is 2.36. The first-order valence-electron chi connectivity index (χ1n) is 5.60. The van der Waals surface area contributed by atoms with E-state index < -0.39 is 11.0 Å². The van der Waals surface area contributed by atoms with Crippen LogP contribution in [0.2, 0.25) is 0 Å². The molecule has 0 aromatic heterocycles. The van der Waals surface area contributed by atoms with Crippen molar-refractivity contribution in [3.8, 4) is 0 Å². The SMILES string of the molecule is O=C(Nc1ccc([N+](=O)[O-])cc1)N(CCO)CCO. The molecule has 8 heteroatoms. The minimum Gasteiger partial charge on any atom is -0.395 e. The van der Waals surface area contributed by atoms with Crippen LogP contribution in [0.25, 0.3) is 0 Å². The van der Waals surface area contributed by atoms with Gasteiger partial charge in [-0.3, -0.25) is 10.1 Å². The number of aliphatic hydroxyl groups is 2. The van der Waals surface area contributed by atoms with Gasteiger partial charge in [-0.15, -0.1) is 0 Å². The quantitative estimate of drug-likeness (QED) is 0.511. The summed E-state index contributed by atoms with van der Waals surface area (Å²) in [5.74, 6) is 0. The highest BCUT2D eigenvalue weighted by Crippen LogP contribution is 2.15. The Balaban J connectivity index is 2.66. The third-order valence-corrected chi connectivity index (χ3v) is 2.36. The van der Waals surface area contributed by atoms with Crippen LogP contribution in [-0.2, 0) is 0 Å². The van der Waals surface area contributed by atoms with E-state index in [2.05, 4.69) is 5.32 Å². The molecule has 2 amide bonds. The second kappa shape index (κ2) is 7.29. The number of carbonyl (C=O) groups is 1. The maximum Gasteiger partial charge on any atom is 0.321 e. The minimum absolute atomic E-state index is 0.0689. The number of urea groups is 1. The van der Waals surface area contributed by atoms with E-state index >= 15 is 0 Å². The Hall–Kier alpha value is -2.19. The van der Waals surface area contributed by atoms with E-state index in [1.54, 1.807) is 0 Å². The van der Waals surface area contributed by atoms with Gasteiger partial charge in [0.15, 0.2) is 0 Å². The predicted molar refractivity (Wildman–Crippen MR) is 67.9 cm³/mol. The van der Waals surface area contributed by atoms with Crippen molar-refractivity contribution in [2.24, 2.45) is 0 Å². The van der Waals surface area contributed by atoms with Gasteiger partial charge in [-0.05, 0) is 12.1 Å². The fourth-order valence-corrected chi connectivity index (χ4v) is 1.43. The van der Waals surface area contributed by atoms with Crippen LogP contribution in [0.4, 0.5) is 16.2 Å². The summed E-state index contributed by atoms with van der Waals surface area (Å²) < 4.78 is 0. The summed E-state index contributed by atoms with van der Waals surface area (Å²) in [5, 5.41) is 30.6. The molecule has 0 heterocycles. The number of nitro groups is 1. The molecule has 0 aliphatic rings. The van der Waals surface area contributed by atoms with Gasteiger partial charge < -0.3 is 20.4 Å². The summed E-state index contributed by atoms with van der Waals surface area (Å²) in [4.78, 5) is 22.9. The second-order valence-electron chi connectivity index (χ2n) is 3.67. The molecule has 0 aliphatic carbocycles. The molecule has 1 rings (SSSR count). The van der Waals surface area contributed by atoms with Crippen LogP contribution in [0.15, 0.2) is 24.3 Å². The van der Waals surface area contributed by atoms with Crippen molar-refractivity contribution in [2.45, 2.75) is 0 Å². The van der Waals surface area contributed by atoms with E-state index in [0.717, 1.165) is 0 Å². The Kier molecular flexibility index (Phi) is 5.71. The summed E-state index contributed by atoms with van der Waals surface area (Å²) in [6.45, 7) is -0.236. The molecule has 3 N–H and O–H groups in total. The normalized spacial score (nSPS) is 10.0. The first kappa shape index (κ1) is 14.9. The summed E-state index contributed by atoms with van der Waals surface area (Å²) in [6, 6.07) is 4.88. The number of nitrogens with zero attached hydrogens (tertiary/aromatic N) is 2. The molecule has 0 radical (unpaired) electrons. The van der Waals surface area contributed by atoms with Crippen LogP contribution in [0.1, 0.15) is 0 Å². The zero-order valence-corrected chi connectivity index (χ0v) is 10.2. The molecule has 19 heavy (non-hydrogen) atoms. The lowest BCUT2D eigenvalue weighted by Crippen LogP contribution is -2.38. The Bertz CT molecular complexity index is 428. The van der Waals surface area contributed by atoms with Crippen molar-refractivity contribution >= 4 is 17.4 Å². The van der Waals surface area contributed by atoms with Gasteiger partial charge in [0.1, 0.15) is 0 Å². The van der Waals surface area contributed by atoms with Gasteiger partial charge in [-0.1, -0.05) is 0 Å². The minimum atomic E-state index is -0.532. The van der Waals surface area contributed by atoms with Gasteiger partial charge >= 0.3 is 6.03 Å². The maximum absolute atomic E-state index is 11.8. The van der Waals surface area contributed by atoms with E-state index in [9.17, 15) is 14.9 Å². The molecule has 0 fully saturated rings. The average molecular weight is 269 g/mol. The summed E-state index contributed by atoms with van der Waals surface area (Å²) >= 11 is 0. The molecule has 1 aromatic rings. The fraction of sp³-hybridized carbons (Fsp3) is 0.364. The number of anilines is 1. The smallest absolute Gasteiger partial charge is 0.321 e. The molecule has 0 unspecified atom stereocenters. The molecule has 0 saturated carbocycles. The van der Waals surface area contributed by atoms with Gasteiger partial charge in [0.25, 0.3) is 5.69 Å². The summed E-state index contributed by atoms with van der Waals surface area (Å²) in [7, 11) is 0. The van der Waals surface area contributed by atoms with Gasteiger partial charge in [-0.25, -0.2) is 4.79 Å². The summed E-state index contributed by atoms with van der Waals surface area (Å²) in [5.41, 5.74) is 0.331. The topological polar surface area (TPSA) is 116 Å². The van der Waals surface area contributed by atoms with Crippen molar-refractivity contribution in [1.29, 1.82) is 0 Å². The Morgan fingerprint density at radius 3 is 2.16 bits per heavy atom. The Labute approximate surface area is 109 Å². The number of nitro benzene ring substituents is 1. The standard InChI is InChI=1S/C11H15N3O5/c15-7-5-13(6-8-16)11(17)12-9-1-3-10(4-2-9)14(18)19/h1-4,15-16H,5-8H2,(H,12,17). The first-order chi connectivity index (χ1) is 9.08. The van der Waals surface area contributed by atoms with Gasteiger partial charge in [0.05, 0.1) is 18.1 Å². The van der Waals surface area contributed by atoms with Gasteiger partial charge in [0, 0.05) is 30.9 Å². The number of hydrogen-bond acceptors (Lipinski definition) is 5.